The number of carbonyl (C=O) groups is 1. The molecule has 2 aliphatic rings. The van der Waals surface area contributed by atoms with Crippen molar-refractivity contribution in [3.63, 3.8) is 0 Å². The molecule has 0 bridgehead atoms. The number of carbonyl (C=O) groups excluding carboxylic acids is 1. The van der Waals surface area contributed by atoms with E-state index < -0.39 is 6.11 Å². The minimum atomic E-state index is -3.38. The molecule has 7 nitrogen and oxygen atoms in total. The lowest BCUT2D eigenvalue weighted by molar-refractivity contribution is -0.132. The lowest BCUT2D eigenvalue weighted by Gasteiger charge is -2.39. The molecule has 1 aliphatic heterocycles. The quantitative estimate of drug-likeness (QED) is 0.545. The number of amides is 1. The number of aromatic nitrogens is 4. The summed E-state index contributed by atoms with van der Waals surface area (Å²) >= 11 is 0. The summed E-state index contributed by atoms with van der Waals surface area (Å²) in [7, 11) is 0. The second kappa shape index (κ2) is 7.81. The molecule has 0 unspecified atom stereocenters. The van der Waals surface area contributed by atoms with E-state index in [-0.39, 0.29) is 17.6 Å². The van der Waals surface area contributed by atoms with E-state index in [1.165, 1.54) is 25.1 Å². The Balaban J connectivity index is 1.39. The average Bonchev–Trinajstić information content (AvgIpc) is 3.05. The topological polar surface area (TPSA) is 73.1 Å². The zero-order valence-corrected chi connectivity index (χ0v) is 17.4. The Morgan fingerprint density at radius 2 is 1.91 bits per heavy atom. The van der Waals surface area contributed by atoms with E-state index in [2.05, 4.69) is 9.97 Å². The molecule has 1 fully saturated rings. The van der Waals surface area contributed by atoms with Gasteiger partial charge in [0.1, 0.15) is 11.3 Å². The first-order valence-electron chi connectivity index (χ1n) is 10.4. The molecule has 1 aromatic carbocycles. The zero-order chi connectivity index (χ0) is 22.3. The van der Waals surface area contributed by atoms with Crippen LogP contribution in [0, 0.1) is 0 Å². The lowest BCUT2D eigenvalue weighted by Crippen LogP contribution is -2.49. The van der Waals surface area contributed by atoms with E-state index in [9.17, 15) is 13.6 Å². The largest absolute Gasteiger partial charge is 0.429 e. The molecule has 0 N–H and O–H groups in total. The average molecular weight is 437 g/mol. The van der Waals surface area contributed by atoms with E-state index in [1.54, 1.807) is 29.2 Å². The molecule has 32 heavy (non-hydrogen) atoms. The number of rotatable bonds is 6. The predicted molar refractivity (Wildman–Crippen MR) is 114 cm³/mol. The molecule has 3 aromatic rings. The van der Waals surface area contributed by atoms with Crippen molar-refractivity contribution in [1.29, 1.82) is 0 Å². The molecule has 0 saturated carbocycles. The minimum absolute atomic E-state index is 0.0399. The molecular formula is C23H21F2N5O2. The van der Waals surface area contributed by atoms with Crippen LogP contribution in [0.15, 0.2) is 60.5 Å². The van der Waals surface area contributed by atoms with Gasteiger partial charge in [-0.1, -0.05) is 12.2 Å². The Bertz CT molecular complexity index is 1230. The molecular weight excluding hydrogens is 416 g/mol. The number of alkyl halides is 2. The summed E-state index contributed by atoms with van der Waals surface area (Å²) in [5.74, 6) is 0.216. The molecule has 3 heterocycles. The summed E-state index contributed by atoms with van der Waals surface area (Å²) in [5, 5.41) is 4.73. The van der Waals surface area contributed by atoms with Gasteiger partial charge in [0.15, 0.2) is 5.65 Å². The van der Waals surface area contributed by atoms with Gasteiger partial charge in [-0.3, -0.25) is 4.79 Å². The van der Waals surface area contributed by atoms with Crippen molar-refractivity contribution >= 4 is 17.1 Å². The molecule has 0 radical (unpaired) electrons. The fourth-order valence-corrected chi connectivity index (χ4v) is 3.87. The highest BCUT2D eigenvalue weighted by Gasteiger charge is 2.37. The highest BCUT2D eigenvalue weighted by Crippen LogP contribution is 2.34. The number of hydrogen-bond donors (Lipinski definition) is 0. The van der Waals surface area contributed by atoms with E-state index in [0.717, 1.165) is 24.1 Å². The van der Waals surface area contributed by atoms with Crippen molar-refractivity contribution in [2.24, 2.45) is 0 Å². The van der Waals surface area contributed by atoms with Crippen LogP contribution in [-0.2, 0) is 4.79 Å². The number of ether oxygens (including phenoxy) is 1. The maximum Gasteiger partial charge on any atom is 0.419 e. The van der Waals surface area contributed by atoms with Crippen molar-refractivity contribution in [1.82, 2.24) is 24.6 Å². The van der Waals surface area contributed by atoms with Crippen LogP contribution in [0.3, 0.4) is 0 Å². The maximum atomic E-state index is 13.7. The van der Waals surface area contributed by atoms with Crippen LogP contribution in [0.4, 0.5) is 8.78 Å². The number of halogens is 2. The number of hydrogen-bond acceptors (Lipinski definition) is 5. The fourth-order valence-electron chi connectivity index (χ4n) is 3.87. The highest BCUT2D eigenvalue weighted by molar-refractivity contribution is 5.95. The van der Waals surface area contributed by atoms with Gasteiger partial charge in [0, 0.05) is 43.1 Å². The molecule has 9 heteroatoms. The Kier molecular flexibility index (Phi) is 4.96. The Morgan fingerprint density at radius 3 is 2.56 bits per heavy atom. The zero-order valence-electron chi connectivity index (χ0n) is 17.4. The molecule has 0 spiro atoms. The van der Waals surface area contributed by atoms with Crippen LogP contribution >= 0.6 is 0 Å². The van der Waals surface area contributed by atoms with Crippen molar-refractivity contribution in [2.75, 3.05) is 13.1 Å². The maximum absolute atomic E-state index is 13.7. The molecule has 164 valence electrons. The summed E-state index contributed by atoms with van der Waals surface area (Å²) in [5.41, 5.74) is 3.56. The monoisotopic (exact) mass is 437 g/mol. The number of likely N-dealkylation sites (tertiary alicyclic amines) is 1. The Labute approximate surface area is 183 Å². The summed E-state index contributed by atoms with van der Waals surface area (Å²) in [6.07, 6.45) is 5.55. The van der Waals surface area contributed by atoms with E-state index in [1.807, 2.05) is 11.0 Å². The van der Waals surface area contributed by atoms with Crippen molar-refractivity contribution in [3.05, 3.63) is 66.2 Å². The van der Waals surface area contributed by atoms with Gasteiger partial charge in [0.05, 0.1) is 11.4 Å². The van der Waals surface area contributed by atoms with Crippen LogP contribution < -0.4 is 4.74 Å². The van der Waals surface area contributed by atoms with E-state index in [0.29, 0.717) is 36.0 Å². The highest BCUT2D eigenvalue weighted by atomic mass is 19.3. The second-order valence-corrected chi connectivity index (χ2v) is 7.86. The molecule has 1 saturated heterocycles. The van der Waals surface area contributed by atoms with Gasteiger partial charge in [0.25, 0.3) is 0 Å². The van der Waals surface area contributed by atoms with Crippen LogP contribution in [0.2, 0.25) is 0 Å². The van der Waals surface area contributed by atoms with Crippen molar-refractivity contribution in [3.8, 4) is 11.4 Å². The third kappa shape index (κ3) is 3.63. The number of fused-ring (bicyclic) bond motifs is 1. The third-order valence-corrected chi connectivity index (χ3v) is 5.66. The molecule has 1 aliphatic carbocycles. The summed E-state index contributed by atoms with van der Waals surface area (Å²) < 4.78 is 33.7. The second-order valence-electron chi connectivity index (χ2n) is 7.86. The van der Waals surface area contributed by atoms with Gasteiger partial charge < -0.3 is 9.64 Å². The lowest BCUT2D eigenvalue weighted by atomic mass is 9.91. The predicted octanol–water partition coefficient (Wildman–Crippen LogP) is 4.01. The molecule has 5 rings (SSSR count). The van der Waals surface area contributed by atoms with E-state index >= 15 is 0 Å². The normalized spacial score (nSPS) is 16.7. The summed E-state index contributed by atoms with van der Waals surface area (Å²) in [6.45, 7) is 2.68. The smallest absolute Gasteiger partial charge is 0.419 e. The van der Waals surface area contributed by atoms with E-state index in [4.69, 9.17) is 9.84 Å². The standard InChI is InChI=1S/C23H21F2N5O2/c1-2-10-23(24,25)32-18-8-6-17(7-9-18)30-21-20(26-11-12-27-21)19(28-30)16-13-29(14-16)22(31)15-4-3-5-15/h2,4,6-12,16H,3,5,13-14H2,1H3/b10-2+. The minimum Gasteiger partial charge on any atom is -0.429 e. The first-order valence-corrected chi connectivity index (χ1v) is 10.4. The van der Waals surface area contributed by atoms with Gasteiger partial charge in [-0.05, 0) is 44.0 Å². The first kappa shape index (κ1) is 20.3. The molecule has 0 atom stereocenters. The van der Waals surface area contributed by atoms with Gasteiger partial charge in [-0.25, -0.2) is 14.6 Å². The molecule has 1 amide bonds. The Morgan fingerprint density at radius 1 is 1.19 bits per heavy atom. The van der Waals surface area contributed by atoms with Crippen LogP contribution in [0.25, 0.3) is 16.9 Å². The van der Waals surface area contributed by atoms with Gasteiger partial charge in [0.2, 0.25) is 5.91 Å². The van der Waals surface area contributed by atoms with Crippen molar-refractivity contribution in [2.45, 2.75) is 31.8 Å². The Hall–Kier alpha value is -3.62. The van der Waals surface area contributed by atoms with Gasteiger partial charge >= 0.3 is 6.11 Å². The van der Waals surface area contributed by atoms with Gasteiger partial charge in [-0.2, -0.15) is 13.9 Å². The summed E-state index contributed by atoms with van der Waals surface area (Å²) in [6, 6.07) is 6.22. The fraction of sp³-hybridized carbons (Fsp3) is 0.304. The number of allylic oxidation sites excluding steroid dienone is 2. The molecule has 2 aromatic heterocycles. The van der Waals surface area contributed by atoms with Crippen LogP contribution in [-0.4, -0.2) is 49.8 Å². The van der Waals surface area contributed by atoms with Gasteiger partial charge in [-0.15, -0.1) is 0 Å². The van der Waals surface area contributed by atoms with Crippen LogP contribution in [0.5, 0.6) is 5.75 Å². The van der Waals surface area contributed by atoms with Crippen LogP contribution in [0.1, 0.15) is 31.4 Å². The third-order valence-electron chi connectivity index (χ3n) is 5.66. The summed E-state index contributed by atoms with van der Waals surface area (Å²) in [4.78, 5) is 23.1. The first-order chi connectivity index (χ1) is 15.4. The SMILES string of the molecule is C/C=C/C(F)(F)Oc1ccc(-n2nc(C3CN(C(=O)C4=CCC4)C3)c3nccnc32)cc1. The number of benzene rings is 1. The van der Waals surface area contributed by atoms with Crippen molar-refractivity contribution < 1.29 is 18.3 Å². The number of nitrogens with zero attached hydrogens (tertiary/aromatic N) is 5.